The first kappa shape index (κ1) is 36.7. The molecular weight excluding hydrogens is 677 g/mol. The molecule has 4 aliphatic rings. The van der Waals surface area contributed by atoms with Gasteiger partial charge in [0.05, 0.1) is 58.9 Å². The Morgan fingerprint density at radius 1 is 0.593 bits per heavy atom. The largest absolute Gasteiger partial charge is 0.392 e. The summed E-state index contributed by atoms with van der Waals surface area (Å²) in [6.45, 7) is 8.19. The Labute approximate surface area is 318 Å². The number of aromatic nitrogens is 4. The number of benzene rings is 2. The summed E-state index contributed by atoms with van der Waals surface area (Å²) >= 11 is 0. The van der Waals surface area contributed by atoms with E-state index in [-0.39, 0.29) is 34.7 Å². The molecule has 0 saturated heterocycles. The van der Waals surface area contributed by atoms with Crippen molar-refractivity contribution >= 4 is 11.8 Å². The molecule has 0 bridgehead atoms. The van der Waals surface area contributed by atoms with Crippen molar-refractivity contribution in [2.24, 2.45) is 21.7 Å². The number of aliphatic hydroxyl groups excluding tert-OH is 2. The second-order valence-electron chi connectivity index (χ2n) is 18.0. The molecule has 6 atom stereocenters. The zero-order chi connectivity index (χ0) is 37.9. The standard InChI is InChI=1S/C44H56N6O4/c1-41(21-22-41)35(49-39(53)43(3)19-7-5-9-33(43)51)37-45-25-31(47-37)29-15-11-27(12-16-29)28-13-17-30(18-14-28)32-26-46-38(48-32)36(42(2)23-24-42)50-40(54)44(4)20-8-6-10-34(44)52/h11-18,25-26,33-36,51-52H,5-10,19-24H2,1-4H3,(H,45,47)(H,46,48)(H,49,53)(H,50,54)/t33-,34-,35+,36+,43+,44+/m0/s1. The number of hydrogen-bond acceptors (Lipinski definition) is 6. The fraction of sp³-hybridized carbons (Fsp3) is 0.545. The Balaban J connectivity index is 0.942. The van der Waals surface area contributed by atoms with Gasteiger partial charge in [-0.15, -0.1) is 0 Å². The number of carbonyl (C=O) groups excluding carboxylic acids is 2. The summed E-state index contributed by atoms with van der Waals surface area (Å²) in [5.74, 6) is 1.35. The number of H-pyrrole nitrogens is 2. The van der Waals surface area contributed by atoms with Crippen molar-refractivity contribution in [3.05, 3.63) is 72.6 Å². The van der Waals surface area contributed by atoms with E-state index in [9.17, 15) is 19.8 Å². The first-order chi connectivity index (χ1) is 25.8. The van der Waals surface area contributed by atoms with E-state index >= 15 is 0 Å². The highest BCUT2D eigenvalue weighted by Crippen LogP contribution is 2.55. The van der Waals surface area contributed by atoms with Gasteiger partial charge >= 0.3 is 0 Å². The van der Waals surface area contributed by atoms with Crippen LogP contribution >= 0.6 is 0 Å². The minimum Gasteiger partial charge on any atom is -0.392 e. The van der Waals surface area contributed by atoms with Crippen molar-refractivity contribution in [3.8, 4) is 33.6 Å². The maximum absolute atomic E-state index is 13.6. The third kappa shape index (κ3) is 6.80. The van der Waals surface area contributed by atoms with Gasteiger partial charge in [-0.3, -0.25) is 9.59 Å². The number of imidazole rings is 2. The molecule has 0 radical (unpaired) electrons. The van der Waals surface area contributed by atoms with Crippen molar-refractivity contribution in [3.63, 3.8) is 0 Å². The zero-order valence-corrected chi connectivity index (χ0v) is 32.2. The summed E-state index contributed by atoms with van der Waals surface area (Å²) in [6, 6.07) is 16.3. The highest BCUT2D eigenvalue weighted by molar-refractivity contribution is 5.84. The van der Waals surface area contributed by atoms with E-state index in [0.29, 0.717) is 25.7 Å². The number of nitrogens with zero attached hydrogens (tertiary/aromatic N) is 2. The molecule has 2 heterocycles. The highest BCUT2D eigenvalue weighted by atomic mass is 16.3. The van der Waals surface area contributed by atoms with Crippen molar-refractivity contribution in [1.82, 2.24) is 30.6 Å². The van der Waals surface area contributed by atoms with Crippen LogP contribution in [-0.2, 0) is 9.59 Å². The molecule has 2 aromatic heterocycles. The third-order valence-electron chi connectivity index (χ3n) is 13.8. The predicted molar refractivity (Wildman–Crippen MR) is 209 cm³/mol. The molecule has 8 rings (SSSR count). The fourth-order valence-corrected chi connectivity index (χ4v) is 8.81. The van der Waals surface area contributed by atoms with Gasteiger partial charge in [-0.05, 0) is 98.3 Å². The minimum atomic E-state index is -0.776. The second kappa shape index (κ2) is 13.8. The molecule has 286 valence electrons. The molecule has 6 N–H and O–H groups in total. The molecule has 0 aliphatic heterocycles. The van der Waals surface area contributed by atoms with Crippen LogP contribution < -0.4 is 10.6 Å². The quantitative estimate of drug-likeness (QED) is 0.0920. The average Bonchev–Trinajstić information content (AvgIpc) is 3.96. The van der Waals surface area contributed by atoms with Gasteiger partial charge in [0.25, 0.3) is 0 Å². The molecule has 0 unspecified atom stereocenters. The number of aliphatic hydroxyl groups is 2. The van der Waals surface area contributed by atoms with Crippen LogP contribution in [0.3, 0.4) is 0 Å². The Kier molecular flexibility index (Phi) is 9.36. The third-order valence-corrected chi connectivity index (χ3v) is 13.8. The van der Waals surface area contributed by atoms with Crippen molar-refractivity contribution in [1.29, 1.82) is 0 Å². The van der Waals surface area contributed by atoms with Gasteiger partial charge < -0.3 is 30.8 Å². The van der Waals surface area contributed by atoms with E-state index in [1.165, 1.54) is 0 Å². The van der Waals surface area contributed by atoms with Gasteiger partial charge in [-0.25, -0.2) is 9.97 Å². The molecule has 2 aromatic carbocycles. The van der Waals surface area contributed by atoms with E-state index in [1.54, 1.807) is 0 Å². The van der Waals surface area contributed by atoms with Gasteiger partial charge in [0.1, 0.15) is 11.6 Å². The maximum atomic E-state index is 13.6. The van der Waals surface area contributed by atoms with E-state index < -0.39 is 23.0 Å². The lowest BCUT2D eigenvalue weighted by atomic mass is 9.72. The number of amides is 2. The molecular formula is C44H56N6O4. The average molecular weight is 733 g/mol. The van der Waals surface area contributed by atoms with Gasteiger partial charge in [0, 0.05) is 0 Å². The molecule has 2 amide bonds. The van der Waals surface area contributed by atoms with Crippen LogP contribution in [-0.4, -0.2) is 54.2 Å². The minimum absolute atomic E-state index is 0.0565. The van der Waals surface area contributed by atoms with Crippen molar-refractivity contribution in [2.75, 3.05) is 0 Å². The number of hydrogen-bond donors (Lipinski definition) is 6. The number of aromatic amines is 2. The second-order valence-corrected chi connectivity index (χ2v) is 18.0. The smallest absolute Gasteiger partial charge is 0.229 e. The Hall–Kier alpha value is -4.28. The fourth-order valence-electron chi connectivity index (χ4n) is 8.81. The van der Waals surface area contributed by atoms with E-state index in [1.807, 2.05) is 26.2 Å². The van der Waals surface area contributed by atoms with Crippen LogP contribution in [0.2, 0.25) is 0 Å². The van der Waals surface area contributed by atoms with Crippen LogP contribution in [0.4, 0.5) is 0 Å². The summed E-state index contributed by atoms with van der Waals surface area (Å²) < 4.78 is 0. The summed E-state index contributed by atoms with van der Waals surface area (Å²) in [5.41, 5.74) is 4.33. The molecule has 10 nitrogen and oxygen atoms in total. The van der Waals surface area contributed by atoms with Gasteiger partial charge in [-0.2, -0.15) is 0 Å². The van der Waals surface area contributed by atoms with Crippen LogP contribution in [0.25, 0.3) is 33.6 Å². The number of rotatable bonds is 11. The summed E-state index contributed by atoms with van der Waals surface area (Å²) in [5, 5.41) is 28.1. The molecule has 10 heteroatoms. The van der Waals surface area contributed by atoms with Crippen molar-refractivity contribution < 1.29 is 19.8 Å². The molecule has 4 aliphatic carbocycles. The molecule has 54 heavy (non-hydrogen) atoms. The lowest BCUT2D eigenvalue weighted by Gasteiger charge is -2.38. The zero-order valence-electron chi connectivity index (χ0n) is 32.2. The van der Waals surface area contributed by atoms with Crippen molar-refractivity contribution in [2.45, 2.75) is 129 Å². The van der Waals surface area contributed by atoms with Crippen LogP contribution in [0.15, 0.2) is 60.9 Å². The van der Waals surface area contributed by atoms with Gasteiger partial charge in [0.15, 0.2) is 0 Å². The monoisotopic (exact) mass is 732 g/mol. The van der Waals surface area contributed by atoms with E-state index in [2.05, 4.69) is 83.0 Å². The topological polar surface area (TPSA) is 156 Å². The summed E-state index contributed by atoms with van der Waals surface area (Å²) in [7, 11) is 0. The molecule has 4 fully saturated rings. The highest BCUT2D eigenvalue weighted by Gasteiger charge is 2.52. The number of nitrogens with one attached hydrogen (secondary N) is 4. The lowest BCUT2D eigenvalue weighted by molar-refractivity contribution is -0.142. The first-order valence-corrected chi connectivity index (χ1v) is 20.1. The lowest BCUT2D eigenvalue weighted by Crippen LogP contribution is -2.50. The Morgan fingerprint density at radius 2 is 0.944 bits per heavy atom. The van der Waals surface area contributed by atoms with Crippen LogP contribution in [0.5, 0.6) is 0 Å². The summed E-state index contributed by atoms with van der Waals surface area (Å²) in [6.07, 6.45) is 13.1. The SMILES string of the molecule is CC1([C@H](NC(=O)[C@]2(C)CCCC[C@@H]2O)c2ncc(-c3ccc(-c4ccc(-c5cnc([C@@H](NC(=O)[C@]6(C)CCCC[C@@H]6O)C6(C)CC6)[nH]5)cc4)cc3)[nH]2)CC1. The predicted octanol–water partition coefficient (Wildman–Crippen LogP) is 7.93. The van der Waals surface area contributed by atoms with Gasteiger partial charge in [-0.1, -0.05) is 88.1 Å². The summed E-state index contributed by atoms with van der Waals surface area (Å²) in [4.78, 5) is 43.7. The van der Waals surface area contributed by atoms with Crippen LogP contribution in [0.1, 0.15) is 128 Å². The van der Waals surface area contributed by atoms with Gasteiger partial charge in [0.2, 0.25) is 11.8 Å². The Morgan fingerprint density at radius 3 is 1.28 bits per heavy atom. The molecule has 4 aromatic rings. The molecule has 0 spiro atoms. The van der Waals surface area contributed by atoms with E-state index in [0.717, 1.165) is 96.7 Å². The Bertz CT molecular complexity index is 1850. The maximum Gasteiger partial charge on any atom is 0.229 e. The van der Waals surface area contributed by atoms with Crippen LogP contribution in [0, 0.1) is 21.7 Å². The first-order valence-electron chi connectivity index (χ1n) is 20.1. The molecule has 4 saturated carbocycles. The van der Waals surface area contributed by atoms with E-state index in [4.69, 9.17) is 9.97 Å². The number of carbonyl (C=O) groups is 2. The normalized spacial score (nSPS) is 28.1.